The third-order valence-electron chi connectivity index (χ3n) is 2.42. The van der Waals surface area contributed by atoms with Gasteiger partial charge in [-0.25, -0.2) is 4.39 Å². The normalized spacial score (nSPS) is 9.94. The van der Waals surface area contributed by atoms with Crippen LogP contribution < -0.4 is 5.73 Å². The average Bonchev–Trinajstić information content (AvgIpc) is 2.31. The lowest BCUT2D eigenvalue weighted by Gasteiger charge is -2.08. The summed E-state index contributed by atoms with van der Waals surface area (Å²) in [6.45, 7) is 0. The molecule has 0 saturated heterocycles. The van der Waals surface area contributed by atoms with E-state index in [1.807, 2.05) is 0 Å². The Labute approximate surface area is 103 Å². The highest BCUT2D eigenvalue weighted by atomic mass is 35.5. The van der Waals surface area contributed by atoms with Crippen molar-refractivity contribution in [2.75, 3.05) is 5.73 Å². The molecule has 2 aromatic carbocycles. The monoisotopic (exact) mass is 246 g/mol. The molecule has 0 atom stereocenters. The molecule has 0 fully saturated rings. The molecule has 2 N–H and O–H groups in total. The molecule has 0 unspecified atom stereocenters. The van der Waals surface area contributed by atoms with Gasteiger partial charge >= 0.3 is 0 Å². The van der Waals surface area contributed by atoms with Gasteiger partial charge in [-0.05, 0) is 18.2 Å². The molecule has 0 aromatic heterocycles. The van der Waals surface area contributed by atoms with Crippen LogP contribution in [0.2, 0.25) is 5.02 Å². The highest BCUT2D eigenvalue weighted by molar-refractivity contribution is 6.33. The van der Waals surface area contributed by atoms with Crippen molar-refractivity contribution in [1.29, 1.82) is 5.26 Å². The second-order valence-corrected chi connectivity index (χ2v) is 3.92. The molecular formula is C13H8ClFN2. The Kier molecular flexibility index (Phi) is 2.99. The number of nitrogen functional groups attached to an aromatic ring is 1. The van der Waals surface area contributed by atoms with Crippen molar-refractivity contribution in [2.45, 2.75) is 0 Å². The first kappa shape index (κ1) is 11.4. The van der Waals surface area contributed by atoms with E-state index in [9.17, 15) is 4.39 Å². The van der Waals surface area contributed by atoms with E-state index in [0.717, 1.165) is 6.07 Å². The van der Waals surface area contributed by atoms with Gasteiger partial charge in [0.1, 0.15) is 11.9 Å². The molecule has 0 amide bonds. The molecule has 17 heavy (non-hydrogen) atoms. The van der Waals surface area contributed by atoms with Gasteiger partial charge < -0.3 is 5.73 Å². The van der Waals surface area contributed by atoms with Crippen LogP contribution in [0.3, 0.4) is 0 Å². The van der Waals surface area contributed by atoms with Crippen LogP contribution in [0, 0.1) is 17.1 Å². The third-order valence-corrected chi connectivity index (χ3v) is 2.75. The summed E-state index contributed by atoms with van der Waals surface area (Å²) < 4.78 is 13.3. The molecule has 0 spiro atoms. The molecule has 0 heterocycles. The van der Waals surface area contributed by atoms with E-state index in [0.29, 0.717) is 16.1 Å². The summed E-state index contributed by atoms with van der Waals surface area (Å²) in [5.41, 5.74) is 7.20. The van der Waals surface area contributed by atoms with E-state index < -0.39 is 5.82 Å². The van der Waals surface area contributed by atoms with Crippen molar-refractivity contribution in [3.05, 3.63) is 52.8 Å². The Balaban J connectivity index is 2.69. The van der Waals surface area contributed by atoms with E-state index in [4.69, 9.17) is 22.6 Å². The summed E-state index contributed by atoms with van der Waals surface area (Å²) in [6.07, 6.45) is 0. The first-order valence-corrected chi connectivity index (χ1v) is 5.25. The molecule has 84 valence electrons. The molecule has 2 rings (SSSR count). The number of nitriles is 1. The van der Waals surface area contributed by atoms with Crippen molar-refractivity contribution in [1.82, 2.24) is 0 Å². The van der Waals surface area contributed by atoms with E-state index >= 15 is 0 Å². The maximum atomic E-state index is 13.3. The lowest BCUT2D eigenvalue weighted by molar-refractivity contribution is 0.625. The fourth-order valence-electron chi connectivity index (χ4n) is 1.59. The van der Waals surface area contributed by atoms with E-state index in [1.165, 1.54) is 6.07 Å². The number of rotatable bonds is 1. The topological polar surface area (TPSA) is 49.8 Å². The quantitative estimate of drug-likeness (QED) is 0.782. The molecule has 0 bridgehead atoms. The van der Waals surface area contributed by atoms with Crippen molar-refractivity contribution in [2.24, 2.45) is 0 Å². The average molecular weight is 247 g/mol. The second kappa shape index (κ2) is 4.44. The fraction of sp³-hybridized carbons (Fsp3) is 0. The van der Waals surface area contributed by atoms with Crippen molar-refractivity contribution in [3.8, 4) is 17.2 Å². The maximum absolute atomic E-state index is 13.3. The van der Waals surface area contributed by atoms with Crippen molar-refractivity contribution < 1.29 is 4.39 Å². The number of anilines is 1. The van der Waals surface area contributed by atoms with Gasteiger partial charge in [-0.3, -0.25) is 0 Å². The summed E-state index contributed by atoms with van der Waals surface area (Å²) in [5.74, 6) is -0.624. The van der Waals surface area contributed by atoms with E-state index in [1.54, 1.807) is 30.3 Å². The van der Waals surface area contributed by atoms with E-state index in [2.05, 4.69) is 0 Å². The highest BCUT2D eigenvalue weighted by Gasteiger charge is 2.11. The summed E-state index contributed by atoms with van der Waals surface area (Å²) in [6, 6.07) is 11.4. The first-order valence-electron chi connectivity index (χ1n) is 4.87. The molecular weight excluding hydrogens is 239 g/mol. The van der Waals surface area contributed by atoms with Gasteiger partial charge in [0.05, 0.1) is 5.56 Å². The van der Waals surface area contributed by atoms with Gasteiger partial charge in [0.2, 0.25) is 0 Å². The highest BCUT2D eigenvalue weighted by Crippen LogP contribution is 2.33. The number of nitrogens with zero attached hydrogens (tertiary/aromatic N) is 1. The van der Waals surface area contributed by atoms with Crippen LogP contribution in [0.15, 0.2) is 36.4 Å². The molecule has 0 radical (unpaired) electrons. The zero-order valence-electron chi connectivity index (χ0n) is 8.74. The summed E-state index contributed by atoms with van der Waals surface area (Å²) in [7, 11) is 0. The zero-order chi connectivity index (χ0) is 12.4. The maximum Gasteiger partial charge on any atom is 0.143 e. The third kappa shape index (κ3) is 2.08. The largest absolute Gasteiger partial charge is 0.398 e. The van der Waals surface area contributed by atoms with E-state index in [-0.39, 0.29) is 11.3 Å². The van der Waals surface area contributed by atoms with Gasteiger partial charge in [-0.2, -0.15) is 5.26 Å². The Morgan fingerprint density at radius 1 is 1.18 bits per heavy atom. The zero-order valence-corrected chi connectivity index (χ0v) is 9.50. The molecule has 2 nitrogen and oxygen atoms in total. The smallest absolute Gasteiger partial charge is 0.143 e. The van der Waals surface area contributed by atoms with Gasteiger partial charge in [0, 0.05) is 21.8 Å². The Hall–Kier alpha value is -2.05. The van der Waals surface area contributed by atoms with Gasteiger partial charge in [0.25, 0.3) is 0 Å². The first-order chi connectivity index (χ1) is 8.13. The van der Waals surface area contributed by atoms with Crippen molar-refractivity contribution in [3.63, 3.8) is 0 Å². The molecule has 4 heteroatoms. The van der Waals surface area contributed by atoms with Crippen LogP contribution in [0.1, 0.15) is 5.56 Å². The second-order valence-electron chi connectivity index (χ2n) is 3.51. The summed E-state index contributed by atoms with van der Waals surface area (Å²) in [5, 5.41) is 9.30. The molecule has 2 aromatic rings. The van der Waals surface area contributed by atoms with Gasteiger partial charge in [-0.1, -0.05) is 29.8 Å². The number of halogens is 2. The molecule has 0 saturated carbocycles. The number of nitrogens with two attached hydrogens (primary N) is 1. The minimum Gasteiger partial charge on any atom is -0.398 e. The van der Waals surface area contributed by atoms with Crippen LogP contribution in [0.25, 0.3) is 11.1 Å². The van der Waals surface area contributed by atoms with Crippen molar-refractivity contribution >= 4 is 17.3 Å². The minimum absolute atomic E-state index is 0.0471. The fourth-order valence-corrected chi connectivity index (χ4v) is 1.82. The molecule has 0 aliphatic rings. The van der Waals surface area contributed by atoms with Gasteiger partial charge in [-0.15, -0.1) is 0 Å². The SMILES string of the molecule is N#Cc1cc(-c2ccccc2Cl)c(N)cc1F. The standard InChI is InChI=1S/C13H8ClFN2/c14-11-4-2-1-3-9(11)10-5-8(7-16)12(15)6-13(10)17/h1-6H,17H2. The van der Waals surface area contributed by atoms with Gasteiger partial charge in [0.15, 0.2) is 0 Å². The molecule has 0 aliphatic carbocycles. The number of benzene rings is 2. The Morgan fingerprint density at radius 2 is 1.88 bits per heavy atom. The van der Waals surface area contributed by atoms with Crippen LogP contribution >= 0.6 is 11.6 Å². The summed E-state index contributed by atoms with van der Waals surface area (Å²) >= 11 is 6.03. The lowest BCUT2D eigenvalue weighted by Crippen LogP contribution is -1.95. The van der Waals surface area contributed by atoms with Crippen LogP contribution in [-0.4, -0.2) is 0 Å². The number of hydrogen-bond acceptors (Lipinski definition) is 2. The summed E-state index contributed by atoms with van der Waals surface area (Å²) in [4.78, 5) is 0. The Bertz CT molecular complexity index is 617. The minimum atomic E-state index is -0.624. The predicted octanol–water partition coefficient (Wildman–Crippen LogP) is 3.60. The predicted molar refractivity (Wildman–Crippen MR) is 66.0 cm³/mol. The molecule has 0 aliphatic heterocycles. The van der Waals surface area contributed by atoms with Crippen LogP contribution in [-0.2, 0) is 0 Å². The lowest BCUT2D eigenvalue weighted by atomic mass is 10.0. The Morgan fingerprint density at radius 3 is 2.53 bits per heavy atom. The number of hydrogen-bond donors (Lipinski definition) is 1. The van der Waals surface area contributed by atoms with Crippen LogP contribution in [0.4, 0.5) is 10.1 Å². The van der Waals surface area contributed by atoms with Crippen LogP contribution in [0.5, 0.6) is 0 Å².